The molecule has 1 aromatic rings. The topological polar surface area (TPSA) is 33.7 Å². The lowest BCUT2D eigenvalue weighted by molar-refractivity contribution is 0.0273. The van der Waals surface area contributed by atoms with Crippen molar-refractivity contribution in [3.63, 3.8) is 0 Å². The first kappa shape index (κ1) is 13.2. The van der Waals surface area contributed by atoms with Gasteiger partial charge in [-0.05, 0) is 24.7 Å². The monoisotopic (exact) mass is 282 g/mol. The van der Waals surface area contributed by atoms with Crippen molar-refractivity contribution in [2.24, 2.45) is 0 Å². The molecular formula is C14H19ClN2O2. The Kier molecular flexibility index (Phi) is 3.93. The molecule has 3 rings (SSSR count). The van der Waals surface area contributed by atoms with Crippen LogP contribution in [0.5, 0.6) is 5.75 Å². The fourth-order valence-electron chi connectivity index (χ4n) is 2.49. The van der Waals surface area contributed by atoms with Crippen LogP contribution in [0.3, 0.4) is 0 Å². The first-order chi connectivity index (χ1) is 9.22. The Bertz CT molecular complexity index is 443. The number of ether oxygens (including phenoxy) is 2. The summed E-state index contributed by atoms with van der Waals surface area (Å²) in [4.78, 5) is 2.22. The van der Waals surface area contributed by atoms with E-state index in [0.717, 1.165) is 44.1 Å². The van der Waals surface area contributed by atoms with E-state index in [0.29, 0.717) is 5.02 Å². The van der Waals surface area contributed by atoms with Crippen molar-refractivity contribution < 1.29 is 9.47 Å². The zero-order valence-electron chi connectivity index (χ0n) is 11.1. The van der Waals surface area contributed by atoms with E-state index in [4.69, 9.17) is 21.1 Å². The number of benzene rings is 1. The lowest BCUT2D eigenvalue weighted by Gasteiger charge is -2.36. The van der Waals surface area contributed by atoms with E-state index < -0.39 is 0 Å². The zero-order valence-corrected chi connectivity index (χ0v) is 11.8. The molecule has 4 nitrogen and oxygen atoms in total. The second-order valence-electron chi connectivity index (χ2n) is 5.21. The molecule has 2 fully saturated rings. The van der Waals surface area contributed by atoms with E-state index in [9.17, 15) is 0 Å². The van der Waals surface area contributed by atoms with E-state index >= 15 is 0 Å². The third kappa shape index (κ3) is 3.03. The van der Waals surface area contributed by atoms with Gasteiger partial charge in [-0.2, -0.15) is 0 Å². The van der Waals surface area contributed by atoms with Gasteiger partial charge in [0.1, 0.15) is 11.9 Å². The number of rotatable bonds is 3. The highest BCUT2D eigenvalue weighted by atomic mass is 35.5. The van der Waals surface area contributed by atoms with Crippen LogP contribution in [-0.4, -0.2) is 50.8 Å². The van der Waals surface area contributed by atoms with Crippen molar-refractivity contribution in [3.05, 3.63) is 28.8 Å². The lowest BCUT2D eigenvalue weighted by Crippen LogP contribution is -2.51. The molecule has 19 heavy (non-hydrogen) atoms. The summed E-state index contributed by atoms with van der Waals surface area (Å²) in [5.41, 5.74) is 1.11. The molecule has 1 atom stereocenters. The van der Waals surface area contributed by atoms with Gasteiger partial charge in [0.15, 0.2) is 0 Å². The van der Waals surface area contributed by atoms with Crippen LogP contribution < -0.4 is 10.1 Å². The molecule has 1 aromatic carbocycles. The van der Waals surface area contributed by atoms with E-state index in [1.54, 1.807) is 0 Å². The maximum absolute atomic E-state index is 6.30. The first-order valence-electron chi connectivity index (χ1n) is 6.69. The van der Waals surface area contributed by atoms with Gasteiger partial charge >= 0.3 is 0 Å². The minimum absolute atomic E-state index is 0.0927. The number of hydrogen-bond donors (Lipinski definition) is 1. The Morgan fingerprint density at radius 3 is 2.89 bits per heavy atom. The van der Waals surface area contributed by atoms with Crippen molar-refractivity contribution in [2.75, 3.05) is 39.8 Å². The van der Waals surface area contributed by atoms with Gasteiger partial charge in [-0.15, -0.1) is 0 Å². The molecule has 1 unspecified atom stereocenters. The summed E-state index contributed by atoms with van der Waals surface area (Å²) in [6.45, 7) is 4.43. The zero-order chi connectivity index (χ0) is 13.2. The Morgan fingerprint density at radius 1 is 1.42 bits per heavy atom. The summed E-state index contributed by atoms with van der Waals surface area (Å²) in [5.74, 6) is 0.771. The maximum Gasteiger partial charge on any atom is 0.138 e. The highest BCUT2D eigenvalue weighted by molar-refractivity contribution is 6.32. The Balaban J connectivity index is 1.66. The van der Waals surface area contributed by atoms with Gasteiger partial charge in [0.05, 0.1) is 17.7 Å². The fourth-order valence-corrected chi connectivity index (χ4v) is 2.72. The maximum atomic E-state index is 6.30. The Hall–Kier alpha value is -0.810. The van der Waals surface area contributed by atoms with Crippen molar-refractivity contribution in [2.45, 2.75) is 12.2 Å². The number of hydrogen-bond acceptors (Lipinski definition) is 4. The molecule has 2 heterocycles. The minimum Gasteiger partial charge on any atom is -0.486 e. The minimum atomic E-state index is 0.0927. The molecule has 1 N–H and O–H groups in total. The predicted octanol–water partition coefficient (Wildman–Crippen LogP) is 1.69. The molecule has 104 valence electrons. The van der Waals surface area contributed by atoms with Gasteiger partial charge in [-0.25, -0.2) is 0 Å². The molecule has 0 spiro atoms. The summed E-state index contributed by atoms with van der Waals surface area (Å²) in [6, 6.07) is 5.95. The van der Waals surface area contributed by atoms with Crippen molar-refractivity contribution >= 4 is 11.6 Å². The van der Waals surface area contributed by atoms with Gasteiger partial charge in [-0.1, -0.05) is 17.7 Å². The summed E-state index contributed by atoms with van der Waals surface area (Å²) in [5, 5.41) is 3.99. The molecule has 0 saturated carbocycles. The Labute approximate surface area is 118 Å². The highest BCUT2D eigenvalue weighted by Gasteiger charge is 2.26. The number of nitrogens with zero attached hydrogens (tertiary/aromatic N) is 1. The highest BCUT2D eigenvalue weighted by Crippen LogP contribution is 2.31. The van der Waals surface area contributed by atoms with Crippen LogP contribution in [0.25, 0.3) is 0 Å². The number of halogens is 1. The molecule has 0 bridgehead atoms. The van der Waals surface area contributed by atoms with Crippen molar-refractivity contribution in [1.82, 2.24) is 10.2 Å². The number of morpholine rings is 1. The molecule has 0 amide bonds. The molecule has 0 radical (unpaired) electrons. The van der Waals surface area contributed by atoms with Crippen LogP contribution in [0.2, 0.25) is 5.02 Å². The fraction of sp³-hybridized carbons (Fsp3) is 0.571. The van der Waals surface area contributed by atoms with Crippen molar-refractivity contribution in [1.29, 1.82) is 0 Å². The van der Waals surface area contributed by atoms with Crippen LogP contribution in [0.1, 0.15) is 11.7 Å². The second kappa shape index (κ2) is 5.67. The summed E-state index contributed by atoms with van der Waals surface area (Å²) < 4.78 is 11.6. The molecule has 0 aliphatic carbocycles. The van der Waals surface area contributed by atoms with Crippen LogP contribution in [0.4, 0.5) is 0 Å². The second-order valence-corrected chi connectivity index (χ2v) is 5.62. The summed E-state index contributed by atoms with van der Waals surface area (Å²) >= 11 is 6.30. The molecule has 0 aromatic heterocycles. The van der Waals surface area contributed by atoms with Crippen LogP contribution in [-0.2, 0) is 4.74 Å². The molecule has 5 heteroatoms. The normalized spacial score (nSPS) is 25.1. The van der Waals surface area contributed by atoms with Crippen LogP contribution >= 0.6 is 11.6 Å². The summed E-state index contributed by atoms with van der Waals surface area (Å²) in [6.07, 6.45) is 0.357. The molecule has 2 aliphatic heterocycles. The molecular weight excluding hydrogens is 264 g/mol. The SMILES string of the molecule is CN1CC(Oc2ccc(C3CNCCO3)cc2Cl)C1. The first-order valence-corrected chi connectivity index (χ1v) is 7.07. The van der Waals surface area contributed by atoms with E-state index in [1.165, 1.54) is 0 Å². The molecule has 2 saturated heterocycles. The predicted molar refractivity (Wildman–Crippen MR) is 74.9 cm³/mol. The summed E-state index contributed by atoms with van der Waals surface area (Å²) in [7, 11) is 2.08. The van der Waals surface area contributed by atoms with Crippen LogP contribution in [0.15, 0.2) is 18.2 Å². The average molecular weight is 283 g/mol. The molecule has 2 aliphatic rings. The van der Waals surface area contributed by atoms with Gasteiger partial charge in [0, 0.05) is 26.2 Å². The van der Waals surface area contributed by atoms with Gasteiger partial charge in [-0.3, -0.25) is 4.90 Å². The standard InChI is InChI=1S/C14H19ClN2O2/c1-17-8-11(9-17)19-13-3-2-10(6-12(13)15)14-7-16-4-5-18-14/h2-3,6,11,14,16H,4-5,7-9H2,1H3. The van der Waals surface area contributed by atoms with E-state index in [-0.39, 0.29) is 12.2 Å². The number of nitrogens with one attached hydrogen (secondary N) is 1. The largest absolute Gasteiger partial charge is 0.486 e. The van der Waals surface area contributed by atoms with Gasteiger partial charge in [0.2, 0.25) is 0 Å². The van der Waals surface area contributed by atoms with E-state index in [1.807, 2.05) is 18.2 Å². The smallest absolute Gasteiger partial charge is 0.138 e. The average Bonchev–Trinajstić information content (AvgIpc) is 2.40. The lowest BCUT2D eigenvalue weighted by atomic mass is 10.1. The number of likely N-dealkylation sites (tertiary alicyclic amines) is 1. The van der Waals surface area contributed by atoms with Gasteiger partial charge < -0.3 is 14.8 Å². The Morgan fingerprint density at radius 2 is 2.26 bits per heavy atom. The van der Waals surface area contributed by atoms with Gasteiger partial charge in [0.25, 0.3) is 0 Å². The third-order valence-corrected chi connectivity index (χ3v) is 3.87. The van der Waals surface area contributed by atoms with Crippen LogP contribution in [0, 0.1) is 0 Å². The van der Waals surface area contributed by atoms with E-state index in [2.05, 4.69) is 17.3 Å². The third-order valence-electron chi connectivity index (χ3n) is 3.58. The quantitative estimate of drug-likeness (QED) is 0.915. The number of likely N-dealkylation sites (N-methyl/N-ethyl adjacent to an activating group) is 1. The van der Waals surface area contributed by atoms with Crippen molar-refractivity contribution in [3.8, 4) is 5.75 Å².